The fraction of sp³-hybridized carbons (Fsp3) is 0.333. The van der Waals surface area contributed by atoms with E-state index in [0.29, 0.717) is 5.02 Å². The highest BCUT2D eigenvalue weighted by Crippen LogP contribution is 2.22. The van der Waals surface area contributed by atoms with Crippen molar-refractivity contribution in [2.45, 2.75) is 26.8 Å². The summed E-state index contributed by atoms with van der Waals surface area (Å²) in [6, 6.07) is 13.0. The number of nitrogens with one attached hydrogen (secondary N) is 2. The largest absolute Gasteiger partial charge is 0.348 e. The van der Waals surface area contributed by atoms with Crippen LogP contribution in [0.5, 0.6) is 0 Å². The van der Waals surface area contributed by atoms with Crippen LogP contribution in [0, 0.1) is 13.8 Å². The molecule has 2 aromatic rings. The summed E-state index contributed by atoms with van der Waals surface area (Å²) in [6.45, 7) is 6.10. The zero-order chi connectivity index (χ0) is 20.0. The van der Waals surface area contributed by atoms with Crippen molar-refractivity contribution in [3.05, 3.63) is 64.2 Å². The molecule has 0 aliphatic carbocycles. The second-order valence-electron chi connectivity index (χ2n) is 6.78. The third kappa shape index (κ3) is 6.08. The molecule has 27 heavy (non-hydrogen) atoms. The second kappa shape index (κ2) is 9.53. The smallest absolute Gasteiger partial charge is 0.238 e. The van der Waals surface area contributed by atoms with E-state index in [2.05, 4.69) is 10.6 Å². The summed E-state index contributed by atoms with van der Waals surface area (Å²) in [4.78, 5) is 26.2. The maximum atomic E-state index is 12.3. The van der Waals surface area contributed by atoms with Crippen molar-refractivity contribution >= 4 is 29.1 Å². The maximum absolute atomic E-state index is 12.3. The first-order chi connectivity index (χ1) is 12.8. The van der Waals surface area contributed by atoms with E-state index in [-0.39, 0.29) is 30.9 Å². The average molecular weight is 388 g/mol. The van der Waals surface area contributed by atoms with Crippen molar-refractivity contribution in [2.24, 2.45) is 0 Å². The summed E-state index contributed by atoms with van der Waals surface area (Å²) >= 11 is 6.16. The van der Waals surface area contributed by atoms with Gasteiger partial charge in [0.05, 0.1) is 19.1 Å². The molecule has 2 amide bonds. The third-order valence-corrected chi connectivity index (χ3v) is 4.80. The van der Waals surface area contributed by atoms with Gasteiger partial charge in [-0.3, -0.25) is 14.5 Å². The highest BCUT2D eigenvalue weighted by atomic mass is 35.5. The van der Waals surface area contributed by atoms with Crippen molar-refractivity contribution in [3.63, 3.8) is 0 Å². The van der Waals surface area contributed by atoms with Crippen molar-refractivity contribution in [1.82, 2.24) is 10.2 Å². The van der Waals surface area contributed by atoms with Gasteiger partial charge in [0.15, 0.2) is 0 Å². The van der Waals surface area contributed by atoms with Gasteiger partial charge in [0, 0.05) is 10.7 Å². The van der Waals surface area contributed by atoms with Gasteiger partial charge in [-0.15, -0.1) is 0 Å². The Hall–Kier alpha value is -2.37. The molecule has 0 aliphatic heterocycles. The molecule has 0 spiro atoms. The Morgan fingerprint density at radius 1 is 1.04 bits per heavy atom. The van der Waals surface area contributed by atoms with Crippen LogP contribution in [0.15, 0.2) is 42.5 Å². The number of carbonyl (C=O) groups excluding carboxylic acids is 2. The number of hydrogen-bond donors (Lipinski definition) is 2. The number of amides is 2. The normalized spacial score (nSPS) is 11.9. The lowest BCUT2D eigenvalue weighted by Crippen LogP contribution is -2.39. The molecule has 0 unspecified atom stereocenters. The van der Waals surface area contributed by atoms with E-state index in [1.165, 1.54) is 0 Å². The van der Waals surface area contributed by atoms with Gasteiger partial charge in [0.25, 0.3) is 0 Å². The Morgan fingerprint density at radius 3 is 2.41 bits per heavy atom. The van der Waals surface area contributed by atoms with E-state index >= 15 is 0 Å². The lowest BCUT2D eigenvalue weighted by molar-refractivity contribution is -0.123. The molecule has 0 heterocycles. The summed E-state index contributed by atoms with van der Waals surface area (Å²) < 4.78 is 0. The van der Waals surface area contributed by atoms with Gasteiger partial charge >= 0.3 is 0 Å². The van der Waals surface area contributed by atoms with Gasteiger partial charge in [0.1, 0.15) is 0 Å². The van der Waals surface area contributed by atoms with Crippen molar-refractivity contribution in [3.8, 4) is 0 Å². The van der Waals surface area contributed by atoms with Gasteiger partial charge in [0.2, 0.25) is 11.8 Å². The first-order valence-corrected chi connectivity index (χ1v) is 9.24. The van der Waals surface area contributed by atoms with Crippen molar-refractivity contribution in [1.29, 1.82) is 0 Å². The van der Waals surface area contributed by atoms with Crippen LogP contribution in [0.3, 0.4) is 0 Å². The molecule has 144 valence electrons. The number of benzene rings is 2. The average Bonchev–Trinajstić information content (AvgIpc) is 2.58. The third-order valence-electron chi connectivity index (χ3n) is 4.45. The molecule has 0 radical (unpaired) electrons. The second-order valence-corrected chi connectivity index (χ2v) is 7.19. The van der Waals surface area contributed by atoms with E-state index in [1.54, 1.807) is 18.0 Å². The van der Waals surface area contributed by atoms with E-state index in [0.717, 1.165) is 22.4 Å². The molecule has 0 saturated carbocycles. The Morgan fingerprint density at radius 2 is 1.70 bits per heavy atom. The van der Waals surface area contributed by atoms with Crippen LogP contribution in [-0.2, 0) is 9.59 Å². The summed E-state index contributed by atoms with van der Waals surface area (Å²) in [5, 5.41) is 6.43. The highest BCUT2D eigenvalue weighted by molar-refractivity contribution is 6.31. The van der Waals surface area contributed by atoms with Crippen LogP contribution >= 0.6 is 11.6 Å². The molecule has 0 aliphatic rings. The van der Waals surface area contributed by atoms with Crippen molar-refractivity contribution in [2.75, 3.05) is 25.5 Å². The van der Waals surface area contributed by atoms with Gasteiger partial charge in [-0.1, -0.05) is 41.9 Å². The van der Waals surface area contributed by atoms with Crippen LogP contribution in [0.4, 0.5) is 5.69 Å². The molecular formula is C21H26ClN3O2. The zero-order valence-electron chi connectivity index (χ0n) is 16.2. The van der Waals surface area contributed by atoms with E-state index in [4.69, 9.17) is 11.6 Å². The maximum Gasteiger partial charge on any atom is 0.238 e. The van der Waals surface area contributed by atoms with Crippen LogP contribution in [0.25, 0.3) is 0 Å². The number of likely N-dealkylation sites (N-methyl/N-ethyl adjacent to an activating group) is 1. The number of halogens is 1. The van der Waals surface area contributed by atoms with E-state index in [1.807, 2.05) is 57.2 Å². The quantitative estimate of drug-likeness (QED) is 0.761. The monoisotopic (exact) mass is 387 g/mol. The Bertz CT molecular complexity index is 823. The minimum atomic E-state index is -0.205. The fourth-order valence-electron chi connectivity index (χ4n) is 2.81. The van der Waals surface area contributed by atoms with Gasteiger partial charge in [-0.05, 0) is 56.6 Å². The van der Waals surface area contributed by atoms with Crippen LogP contribution < -0.4 is 10.6 Å². The molecule has 6 heteroatoms. The molecule has 5 nitrogen and oxygen atoms in total. The first kappa shape index (κ1) is 20.9. The molecule has 1 atom stereocenters. The molecule has 0 bridgehead atoms. The number of carbonyl (C=O) groups is 2. The van der Waals surface area contributed by atoms with Crippen molar-refractivity contribution < 1.29 is 9.59 Å². The lowest BCUT2D eigenvalue weighted by Gasteiger charge is -2.20. The van der Waals surface area contributed by atoms with Gasteiger partial charge in [-0.2, -0.15) is 0 Å². The van der Waals surface area contributed by atoms with Crippen LogP contribution in [0.2, 0.25) is 5.02 Å². The number of hydrogen-bond acceptors (Lipinski definition) is 3. The molecule has 2 aromatic carbocycles. The predicted molar refractivity (Wildman–Crippen MR) is 110 cm³/mol. The molecule has 0 aromatic heterocycles. The number of rotatable bonds is 7. The predicted octanol–water partition coefficient (Wildman–Crippen LogP) is 3.70. The summed E-state index contributed by atoms with van der Waals surface area (Å²) in [5.74, 6) is -0.317. The zero-order valence-corrected chi connectivity index (χ0v) is 16.9. The number of nitrogens with zero attached hydrogens (tertiary/aromatic N) is 1. The number of aryl methyl sites for hydroxylation is 1. The Kier molecular flexibility index (Phi) is 7.39. The van der Waals surface area contributed by atoms with Crippen LogP contribution in [-0.4, -0.2) is 36.9 Å². The SMILES string of the molecule is Cc1cccc(NC(=O)CN(C)CC(=O)N[C@@H](C)c2ccccc2Cl)c1C. The molecule has 2 rings (SSSR count). The fourth-order valence-corrected chi connectivity index (χ4v) is 3.11. The molecule has 0 saturated heterocycles. The van der Waals surface area contributed by atoms with Crippen LogP contribution in [0.1, 0.15) is 29.7 Å². The van der Waals surface area contributed by atoms with Gasteiger partial charge < -0.3 is 10.6 Å². The summed E-state index contributed by atoms with van der Waals surface area (Å²) in [5.41, 5.74) is 3.82. The summed E-state index contributed by atoms with van der Waals surface area (Å²) in [7, 11) is 1.74. The minimum Gasteiger partial charge on any atom is -0.348 e. The summed E-state index contributed by atoms with van der Waals surface area (Å²) in [6.07, 6.45) is 0. The topological polar surface area (TPSA) is 61.4 Å². The number of anilines is 1. The molecule has 0 fully saturated rings. The Labute approximate surface area is 165 Å². The Balaban J connectivity index is 1.84. The highest BCUT2D eigenvalue weighted by Gasteiger charge is 2.15. The van der Waals surface area contributed by atoms with E-state index < -0.39 is 0 Å². The molecular weight excluding hydrogens is 362 g/mol. The standard InChI is InChI=1S/C21H26ClN3O2/c1-14-8-7-11-19(15(14)2)24-21(27)13-25(4)12-20(26)23-16(3)17-9-5-6-10-18(17)22/h5-11,16H,12-13H2,1-4H3,(H,23,26)(H,24,27)/t16-/m0/s1. The van der Waals surface area contributed by atoms with E-state index in [9.17, 15) is 9.59 Å². The van der Waals surface area contributed by atoms with Gasteiger partial charge in [-0.25, -0.2) is 0 Å². The lowest BCUT2D eigenvalue weighted by atomic mass is 10.1. The molecule has 2 N–H and O–H groups in total. The minimum absolute atomic E-state index is 0.120. The first-order valence-electron chi connectivity index (χ1n) is 8.86.